The van der Waals surface area contributed by atoms with Crippen molar-refractivity contribution < 1.29 is 14.6 Å². The number of ether oxygens (including phenoxy) is 2. The van der Waals surface area contributed by atoms with Crippen LogP contribution in [0.15, 0.2) is 24.3 Å². The van der Waals surface area contributed by atoms with Crippen LogP contribution >= 0.6 is 0 Å². The van der Waals surface area contributed by atoms with E-state index in [0.717, 1.165) is 11.3 Å². The zero-order valence-corrected chi connectivity index (χ0v) is 13.3. The third-order valence-corrected chi connectivity index (χ3v) is 4.29. The van der Waals surface area contributed by atoms with Gasteiger partial charge in [0, 0.05) is 18.6 Å². The summed E-state index contributed by atoms with van der Waals surface area (Å²) in [5.74, 6) is 0.843. The Kier molecular flexibility index (Phi) is 6.03. The van der Waals surface area contributed by atoms with E-state index >= 15 is 0 Å². The summed E-state index contributed by atoms with van der Waals surface area (Å²) in [6.07, 6.45) is 2.02. The van der Waals surface area contributed by atoms with E-state index in [2.05, 4.69) is 18.7 Å². The van der Waals surface area contributed by atoms with E-state index in [1.807, 2.05) is 24.3 Å². The second kappa shape index (κ2) is 7.78. The molecule has 4 nitrogen and oxygen atoms in total. The zero-order chi connectivity index (χ0) is 15.2. The summed E-state index contributed by atoms with van der Waals surface area (Å²) in [5, 5.41) is 10.1. The fourth-order valence-electron chi connectivity index (χ4n) is 2.94. The Morgan fingerprint density at radius 1 is 1.19 bits per heavy atom. The van der Waals surface area contributed by atoms with Crippen molar-refractivity contribution in [3.8, 4) is 5.75 Å². The number of nitrogens with zero attached hydrogens (tertiary/aromatic N) is 1. The summed E-state index contributed by atoms with van der Waals surface area (Å²) in [4.78, 5) is 2.38. The molecule has 0 bridgehead atoms. The van der Waals surface area contributed by atoms with Crippen molar-refractivity contribution >= 4 is 0 Å². The molecule has 1 fully saturated rings. The van der Waals surface area contributed by atoms with Gasteiger partial charge >= 0.3 is 0 Å². The molecule has 1 aromatic carbocycles. The van der Waals surface area contributed by atoms with E-state index in [4.69, 9.17) is 9.47 Å². The Labute approximate surface area is 127 Å². The van der Waals surface area contributed by atoms with Gasteiger partial charge in [0.05, 0.1) is 26.4 Å². The van der Waals surface area contributed by atoms with Gasteiger partial charge in [-0.1, -0.05) is 12.1 Å². The highest BCUT2D eigenvalue weighted by atomic mass is 16.5. The molecule has 21 heavy (non-hydrogen) atoms. The first kappa shape index (κ1) is 16.3. The van der Waals surface area contributed by atoms with Crippen LogP contribution in [-0.2, 0) is 11.3 Å². The highest BCUT2D eigenvalue weighted by Gasteiger charge is 2.28. The van der Waals surface area contributed by atoms with E-state index in [9.17, 15) is 5.11 Å². The van der Waals surface area contributed by atoms with Crippen LogP contribution < -0.4 is 4.74 Å². The van der Waals surface area contributed by atoms with Crippen LogP contribution in [0.25, 0.3) is 0 Å². The molecule has 3 atom stereocenters. The van der Waals surface area contributed by atoms with Gasteiger partial charge in [-0.3, -0.25) is 4.90 Å². The Morgan fingerprint density at radius 2 is 1.81 bits per heavy atom. The molecule has 4 heteroatoms. The van der Waals surface area contributed by atoms with Crippen LogP contribution in [0.2, 0.25) is 0 Å². The van der Waals surface area contributed by atoms with Crippen molar-refractivity contribution in [2.45, 2.75) is 51.5 Å². The zero-order valence-electron chi connectivity index (χ0n) is 13.3. The summed E-state index contributed by atoms with van der Waals surface area (Å²) in [6.45, 7) is 6.06. The average molecular weight is 293 g/mol. The molecule has 1 saturated heterocycles. The lowest BCUT2D eigenvalue weighted by Crippen LogP contribution is -2.40. The molecule has 1 aliphatic heterocycles. The number of benzene rings is 1. The number of aliphatic hydroxyl groups is 1. The summed E-state index contributed by atoms with van der Waals surface area (Å²) in [6, 6.07) is 8.93. The molecule has 0 aromatic heterocycles. The number of aliphatic hydroxyl groups excluding tert-OH is 1. The molecule has 0 saturated carbocycles. The second-order valence-electron chi connectivity index (χ2n) is 5.99. The van der Waals surface area contributed by atoms with E-state index in [0.29, 0.717) is 31.8 Å². The Morgan fingerprint density at radius 3 is 2.38 bits per heavy atom. The Bertz CT molecular complexity index is 411. The van der Waals surface area contributed by atoms with Crippen molar-refractivity contribution in [1.29, 1.82) is 0 Å². The Hall–Kier alpha value is -1.10. The van der Waals surface area contributed by atoms with Gasteiger partial charge < -0.3 is 14.6 Å². The molecule has 118 valence electrons. The molecular formula is C17H27NO3. The topological polar surface area (TPSA) is 41.9 Å². The van der Waals surface area contributed by atoms with E-state index in [1.54, 1.807) is 7.11 Å². The third kappa shape index (κ3) is 4.70. The smallest absolute Gasteiger partial charge is 0.118 e. The normalized spacial score (nSPS) is 24.2. The quantitative estimate of drug-likeness (QED) is 0.838. The molecule has 1 heterocycles. The molecule has 3 unspecified atom stereocenters. The maximum atomic E-state index is 10.1. The van der Waals surface area contributed by atoms with Gasteiger partial charge in [0.25, 0.3) is 0 Å². The lowest BCUT2D eigenvalue weighted by molar-refractivity contribution is 0.00330. The summed E-state index contributed by atoms with van der Waals surface area (Å²) in [5.41, 5.74) is 1.09. The minimum Gasteiger partial charge on any atom is -0.497 e. The molecule has 2 rings (SSSR count). The predicted molar refractivity (Wildman–Crippen MR) is 83.5 cm³/mol. The second-order valence-corrected chi connectivity index (χ2v) is 5.99. The highest BCUT2D eigenvalue weighted by Crippen LogP contribution is 2.23. The van der Waals surface area contributed by atoms with Crippen molar-refractivity contribution in [3.63, 3.8) is 0 Å². The highest BCUT2D eigenvalue weighted by molar-refractivity contribution is 5.26. The summed E-state index contributed by atoms with van der Waals surface area (Å²) >= 11 is 0. The third-order valence-electron chi connectivity index (χ3n) is 4.29. The van der Waals surface area contributed by atoms with Crippen LogP contribution in [-0.4, -0.2) is 48.5 Å². The van der Waals surface area contributed by atoms with Crippen molar-refractivity contribution in [2.75, 3.05) is 20.3 Å². The van der Waals surface area contributed by atoms with Gasteiger partial charge in [-0.15, -0.1) is 0 Å². The van der Waals surface area contributed by atoms with Crippen LogP contribution in [0, 0.1) is 0 Å². The molecular weight excluding hydrogens is 266 g/mol. The van der Waals surface area contributed by atoms with Gasteiger partial charge in [0.2, 0.25) is 0 Å². The van der Waals surface area contributed by atoms with Gasteiger partial charge in [0.15, 0.2) is 0 Å². The van der Waals surface area contributed by atoms with E-state index in [-0.39, 0.29) is 0 Å². The summed E-state index contributed by atoms with van der Waals surface area (Å²) < 4.78 is 10.7. The molecule has 0 aliphatic carbocycles. The first-order chi connectivity index (χ1) is 10.1. The molecule has 0 spiro atoms. The van der Waals surface area contributed by atoms with Crippen molar-refractivity contribution in [1.82, 2.24) is 4.90 Å². The Balaban J connectivity index is 1.70. The van der Waals surface area contributed by atoms with Gasteiger partial charge in [-0.25, -0.2) is 0 Å². The molecule has 1 aliphatic rings. The van der Waals surface area contributed by atoms with Gasteiger partial charge in [-0.05, 0) is 44.4 Å². The molecule has 1 N–H and O–H groups in total. The van der Waals surface area contributed by atoms with Crippen LogP contribution in [0.5, 0.6) is 5.75 Å². The first-order valence-corrected chi connectivity index (χ1v) is 7.74. The lowest BCUT2D eigenvalue weighted by atomic mass is 10.2. The number of hydrogen-bond acceptors (Lipinski definition) is 4. The fraction of sp³-hybridized carbons (Fsp3) is 0.647. The lowest BCUT2D eigenvalue weighted by Gasteiger charge is -2.28. The van der Waals surface area contributed by atoms with Crippen molar-refractivity contribution in [2.24, 2.45) is 0 Å². The first-order valence-electron chi connectivity index (χ1n) is 7.74. The molecule has 0 radical (unpaired) electrons. The monoisotopic (exact) mass is 293 g/mol. The fourth-order valence-corrected chi connectivity index (χ4v) is 2.94. The standard InChI is InChI=1S/C17H27NO3/c1-13-4-5-14(2)18(13)10-16(19)12-21-11-15-6-8-17(20-3)9-7-15/h6-9,13-14,16,19H,4-5,10-12H2,1-3H3. The molecule has 1 aromatic rings. The van der Waals surface area contributed by atoms with Crippen LogP contribution in [0.1, 0.15) is 32.3 Å². The number of rotatable bonds is 7. The van der Waals surface area contributed by atoms with Crippen LogP contribution in [0.4, 0.5) is 0 Å². The van der Waals surface area contributed by atoms with Crippen molar-refractivity contribution in [3.05, 3.63) is 29.8 Å². The van der Waals surface area contributed by atoms with E-state index < -0.39 is 6.10 Å². The minimum atomic E-state index is -0.425. The molecule has 0 amide bonds. The van der Waals surface area contributed by atoms with Gasteiger partial charge in [-0.2, -0.15) is 0 Å². The van der Waals surface area contributed by atoms with Crippen LogP contribution in [0.3, 0.4) is 0 Å². The number of β-amino-alcohol motifs (C(OH)–C–C–N with tert-alkyl or cyclic N) is 1. The minimum absolute atomic E-state index is 0.377. The number of likely N-dealkylation sites (tertiary alicyclic amines) is 1. The maximum Gasteiger partial charge on any atom is 0.118 e. The number of hydrogen-bond donors (Lipinski definition) is 1. The van der Waals surface area contributed by atoms with Gasteiger partial charge in [0.1, 0.15) is 5.75 Å². The largest absolute Gasteiger partial charge is 0.497 e. The summed E-state index contributed by atoms with van der Waals surface area (Å²) in [7, 11) is 1.65. The maximum absolute atomic E-state index is 10.1. The SMILES string of the molecule is COc1ccc(COCC(O)CN2C(C)CCC2C)cc1. The van der Waals surface area contributed by atoms with E-state index in [1.165, 1.54) is 12.8 Å². The average Bonchev–Trinajstić information content (AvgIpc) is 2.80. The number of methoxy groups -OCH3 is 1. The predicted octanol–water partition coefficient (Wildman–Crippen LogP) is 2.45.